The van der Waals surface area contributed by atoms with E-state index in [2.05, 4.69) is 0 Å². The number of benzene rings is 2. The average molecular weight is 253 g/mol. The van der Waals surface area contributed by atoms with Crippen molar-refractivity contribution in [2.24, 2.45) is 0 Å². The third kappa shape index (κ3) is 2.30. The van der Waals surface area contributed by atoms with Gasteiger partial charge in [-0.2, -0.15) is 0 Å². The molecule has 0 saturated carbocycles. The first-order valence-corrected chi connectivity index (χ1v) is 5.64. The molecule has 0 aliphatic rings. The second kappa shape index (κ2) is 5.25. The van der Waals surface area contributed by atoms with Crippen molar-refractivity contribution in [3.63, 3.8) is 0 Å². The van der Waals surface area contributed by atoms with Gasteiger partial charge < -0.3 is 14.6 Å². The lowest BCUT2D eigenvalue weighted by Crippen LogP contribution is -2.02. The van der Waals surface area contributed by atoms with E-state index in [1.165, 1.54) is 0 Å². The highest BCUT2D eigenvalue weighted by Gasteiger charge is 2.11. The van der Waals surface area contributed by atoms with Crippen LogP contribution in [0.25, 0.3) is 10.8 Å². The summed E-state index contributed by atoms with van der Waals surface area (Å²) in [6.45, 7) is 0.173. The summed E-state index contributed by atoms with van der Waals surface area (Å²) >= 11 is 6.14. The second-order valence-corrected chi connectivity index (χ2v) is 3.91. The number of rotatable bonds is 4. The van der Waals surface area contributed by atoms with Crippen LogP contribution in [0.1, 0.15) is 0 Å². The van der Waals surface area contributed by atoms with Crippen molar-refractivity contribution in [3.8, 4) is 11.5 Å². The number of ether oxygens (including phenoxy) is 2. The molecule has 4 heteroatoms. The van der Waals surface area contributed by atoms with Crippen molar-refractivity contribution in [2.75, 3.05) is 20.3 Å². The van der Waals surface area contributed by atoms with Crippen molar-refractivity contribution in [3.05, 3.63) is 35.4 Å². The lowest BCUT2D eigenvalue weighted by molar-refractivity contribution is 0.203. The molecule has 0 amide bonds. The van der Waals surface area contributed by atoms with Gasteiger partial charge in [-0.1, -0.05) is 35.9 Å². The molecule has 0 saturated heterocycles. The highest BCUT2D eigenvalue weighted by atomic mass is 35.5. The topological polar surface area (TPSA) is 38.7 Å². The summed E-state index contributed by atoms with van der Waals surface area (Å²) in [4.78, 5) is 0. The average Bonchev–Trinajstić information content (AvgIpc) is 2.37. The number of hydrogen-bond donors (Lipinski definition) is 1. The molecule has 1 N–H and O–H groups in total. The van der Waals surface area contributed by atoms with Gasteiger partial charge in [0.05, 0.1) is 18.7 Å². The number of aliphatic hydroxyl groups is 1. The third-order valence-electron chi connectivity index (χ3n) is 2.47. The fraction of sp³-hybridized carbons (Fsp3) is 0.231. The molecular weight excluding hydrogens is 240 g/mol. The van der Waals surface area contributed by atoms with Crippen LogP contribution in [0.3, 0.4) is 0 Å². The van der Waals surface area contributed by atoms with Gasteiger partial charge in [-0.3, -0.25) is 0 Å². The molecule has 2 aromatic carbocycles. The first-order valence-electron chi connectivity index (χ1n) is 5.27. The first-order chi connectivity index (χ1) is 8.27. The van der Waals surface area contributed by atoms with Crippen LogP contribution < -0.4 is 9.47 Å². The Morgan fingerprint density at radius 3 is 2.59 bits per heavy atom. The Morgan fingerprint density at radius 1 is 1.24 bits per heavy atom. The molecule has 0 atom stereocenters. The minimum absolute atomic E-state index is 0.0450. The summed E-state index contributed by atoms with van der Waals surface area (Å²) < 4.78 is 10.7. The maximum atomic E-state index is 8.80. The third-order valence-corrected chi connectivity index (χ3v) is 2.75. The molecule has 0 unspecified atom stereocenters. The molecule has 0 radical (unpaired) electrons. The summed E-state index contributed by atoms with van der Waals surface area (Å²) in [6.07, 6.45) is 0. The highest BCUT2D eigenvalue weighted by molar-refractivity contribution is 6.33. The Balaban J connectivity index is 2.62. The van der Waals surface area contributed by atoms with E-state index in [0.717, 1.165) is 10.8 Å². The Morgan fingerprint density at radius 2 is 1.94 bits per heavy atom. The van der Waals surface area contributed by atoms with Crippen molar-refractivity contribution < 1.29 is 14.6 Å². The molecule has 3 nitrogen and oxygen atoms in total. The fourth-order valence-corrected chi connectivity index (χ4v) is 2.00. The largest absolute Gasteiger partial charge is 0.496 e. The van der Waals surface area contributed by atoms with Crippen LogP contribution in [-0.2, 0) is 0 Å². The first kappa shape index (κ1) is 12.0. The van der Waals surface area contributed by atoms with Crippen molar-refractivity contribution in [1.29, 1.82) is 0 Å². The number of methoxy groups -OCH3 is 1. The Kier molecular flexibility index (Phi) is 3.71. The number of hydrogen-bond acceptors (Lipinski definition) is 3. The van der Waals surface area contributed by atoms with Gasteiger partial charge in [-0.05, 0) is 0 Å². The monoisotopic (exact) mass is 252 g/mol. The molecule has 0 heterocycles. The van der Waals surface area contributed by atoms with Crippen LogP contribution in [0.5, 0.6) is 11.5 Å². The zero-order valence-corrected chi connectivity index (χ0v) is 10.2. The number of halogens is 1. The minimum Gasteiger partial charge on any atom is -0.496 e. The van der Waals surface area contributed by atoms with Crippen LogP contribution in [0.15, 0.2) is 30.3 Å². The maximum absolute atomic E-state index is 8.80. The van der Waals surface area contributed by atoms with E-state index < -0.39 is 0 Å². The summed E-state index contributed by atoms with van der Waals surface area (Å²) in [5, 5.41) is 11.1. The van der Waals surface area contributed by atoms with Gasteiger partial charge in [0.1, 0.15) is 18.1 Å². The molecule has 90 valence electrons. The van der Waals surface area contributed by atoms with E-state index in [1.807, 2.05) is 24.3 Å². The molecule has 0 aliphatic heterocycles. The van der Waals surface area contributed by atoms with E-state index >= 15 is 0 Å². The van der Waals surface area contributed by atoms with Crippen molar-refractivity contribution in [2.45, 2.75) is 0 Å². The predicted molar refractivity (Wildman–Crippen MR) is 68.1 cm³/mol. The normalized spacial score (nSPS) is 10.5. The molecular formula is C13H13ClO3. The Bertz CT molecular complexity index is 525. The van der Waals surface area contributed by atoms with Crippen LogP contribution in [-0.4, -0.2) is 25.4 Å². The van der Waals surface area contributed by atoms with Crippen LogP contribution in [0, 0.1) is 0 Å². The molecule has 0 fully saturated rings. The van der Waals surface area contributed by atoms with Gasteiger partial charge >= 0.3 is 0 Å². The summed E-state index contributed by atoms with van der Waals surface area (Å²) in [5.41, 5.74) is 0. The van der Waals surface area contributed by atoms with Crippen LogP contribution >= 0.6 is 11.6 Å². The molecule has 2 rings (SSSR count). The lowest BCUT2D eigenvalue weighted by atomic mass is 10.1. The van der Waals surface area contributed by atoms with E-state index in [0.29, 0.717) is 16.5 Å². The summed E-state index contributed by atoms with van der Waals surface area (Å²) in [6, 6.07) is 9.40. The van der Waals surface area contributed by atoms with E-state index in [4.69, 9.17) is 26.2 Å². The van der Waals surface area contributed by atoms with Crippen LogP contribution in [0.2, 0.25) is 5.02 Å². The highest BCUT2D eigenvalue weighted by Crippen LogP contribution is 2.39. The quantitative estimate of drug-likeness (QED) is 0.909. The Labute approximate surface area is 105 Å². The SMILES string of the molecule is COc1cc(Cl)c(OCCO)c2ccccc12. The molecule has 2 aromatic rings. The molecule has 0 aromatic heterocycles. The summed E-state index contributed by atoms with van der Waals surface area (Å²) in [5.74, 6) is 1.29. The molecule has 0 spiro atoms. The maximum Gasteiger partial charge on any atom is 0.146 e. The molecule has 0 aliphatic carbocycles. The van der Waals surface area contributed by atoms with Gasteiger partial charge in [0, 0.05) is 16.8 Å². The predicted octanol–water partition coefficient (Wildman–Crippen LogP) is 2.87. The standard InChI is InChI=1S/C13H13ClO3/c1-16-12-8-11(14)13(17-7-6-15)10-5-3-2-4-9(10)12/h2-5,8,15H,6-7H2,1H3. The van der Waals surface area contributed by atoms with Crippen LogP contribution in [0.4, 0.5) is 0 Å². The smallest absolute Gasteiger partial charge is 0.146 e. The zero-order valence-electron chi connectivity index (χ0n) is 9.44. The molecule has 0 bridgehead atoms. The Hall–Kier alpha value is -1.45. The fourth-order valence-electron chi connectivity index (χ4n) is 1.75. The second-order valence-electron chi connectivity index (χ2n) is 3.51. The van der Waals surface area contributed by atoms with E-state index in [9.17, 15) is 0 Å². The van der Waals surface area contributed by atoms with Gasteiger partial charge in [0.25, 0.3) is 0 Å². The van der Waals surface area contributed by atoms with Gasteiger partial charge in [0.15, 0.2) is 0 Å². The lowest BCUT2D eigenvalue weighted by Gasteiger charge is -2.13. The van der Waals surface area contributed by atoms with E-state index in [1.54, 1.807) is 13.2 Å². The number of fused-ring (bicyclic) bond motifs is 1. The minimum atomic E-state index is -0.0450. The zero-order chi connectivity index (χ0) is 12.3. The van der Waals surface area contributed by atoms with Crippen molar-refractivity contribution in [1.82, 2.24) is 0 Å². The summed E-state index contributed by atoms with van der Waals surface area (Å²) in [7, 11) is 1.60. The van der Waals surface area contributed by atoms with Gasteiger partial charge in [0.2, 0.25) is 0 Å². The van der Waals surface area contributed by atoms with E-state index in [-0.39, 0.29) is 13.2 Å². The van der Waals surface area contributed by atoms with Gasteiger partial charge in [-0.25, -0.2) is 0 Å². The van der Waals surface area contributed by atoms with Gasteiger partial charge in [-0.15, -0.1) is 0 Å². The number of aliphatic hydroxyl groups excluding tert-OH is 1. The van der Waals surface area contributed by atoms with Crippen molar-refractivity contribution >= 4 is 22.4 Å². The molecule has 17 heavy (non-hydrogen) atoms.